The zero-order valence-corrected chi connectivity index (χ0v) is 32.8. The number of anilines is 5. The summed E-state index contributed by atoms with van der Waals surface area (Å²) in [4.78, 5) is 2.55. The van der Waals surface area contributed by atoms with Crippen LogP contribution in [0, 0.1) is 0 Å². The second-order valence-corrected chi connectivity index (χ2v) is 16.4. The lowest BCUT2D eigenvalue weighted by molar-refractivity contribution is 0.633. The molecule has 0 amide bonds. The number of hydrogen-bond donors (Lipinski definition) is 1. The molecule has 0 saturated carbocycles. The molecular weight excluding hydrogens is 715 g/mol. The average Bonchev–Trinajstić information content (AvgIpc) is 3.65. The maximum Gasteiger partial charge on any atom is 0.198 e. The average molecular weight is 754 g/mol. The minimum atomic E-state index is -0.206. The van der Waals surface area contributed by atoms with Crippen LogP contribution in [-0.2, 0) is 5.41 Å². The van der Waals surface area contributed by atoms with Crippen LogP contribution in [0.1, 0.15) is 25.0 Å². The van der Waals surface area contributed by atoms with Crippen molar-refractivity contribution < 1.29 is 4.42 Å². The Morgan fingerprint density at radius 2 is 1.19 bits per heavy atom. The normalized spacial score (nSPS) is 13.5. The second-order valence-electron chi connectivity index (χ2n) is 16.4. The fourth-order valence-corrected chi connectivity index (χ4v) is 9.68. The first kappa shape index (κ1) is 33.8. The van der Waals surface area contributed by atoms with Crippen molar-refractivity contribution in [3.8, 4) is 33.4 Å². The molecule has 12 rings (SSSR count). The monoisotopic (exact) mass is 753 g/mol. The van der Waals surface area contributed by atoms with E-state index in [1.165, 1.54) is 55.4 Å². The standard InChI is InChI=1S/C55H38BN2O/c1-55(2)44-21-13-22-46-53(44)58(48-32-38-19-10-9-18-37(38)30-45(48)55)49-33-43-41-20-11-12-23-50(41)59-54(43)51(52(49)56-46)42-29-26-39(35-16-7-4-8-17-35)31-47(42)57-40-27-24-36(25-28-40)34-14-5-3-6-15-34/h3-33,57H,1-2H3. The number of para-hydroxylation sites is 2. The Kier molecular flexibility index (Phi) is 7.37. The van der Waals surface area contributed by atoms with Gasteiger partial charge in [0, 0.05) is 50.1 Å². The van der Waals surface area contributed by atoms with E-state index in [2.05, 4.69) is 219 Å². The molecule has 1 N–H and O–H groups in total. The topological polar surface area (TPSA) is 28.4 Å². The molecule has 10 aromatic rings. The third kappa shape index (κ3) is 5.23. The lowest BCUT2D eigenvalue weighted by Crippen LogP contribution is -2.45. The van der Waals surface area contributed by atoms with Crippen LogP contribution in [-0.4, -0.2) is 7.28 Å². The Balaban J connectivity index is 1.13. The number of benzene rings is 9. The molecule has 59 heavy (non-hydrogen) atoms. The molecule has 4 heteroatoms. The summed E-state index contributed by atoms with van der Waals surface area (Å²) in [7, 11) is 2.40. The van der Waals surface area contributed by atoms with Crippen LogP contribution >= 0.6 is 0 Å². The SMILES string of the molecule is CC1(C)c2cc3ccccc3cc2N2c3cc4c(oc5ccccc54)c(-c4ccc(-c5ccccc5)cc4Nc4ccc(-c5ccccc5)cc4)c3[B]c3cccc1c32. The molecule has 0 bridgehead atoms. The van der Waals surface area contributed by atoms with Crippen LogP contribution < -0.4 is 21.1 Å². The van der Waals surface area contributed by atoms with Crippen molar-refractivity contribution in [2.45, 2.75) is 19.3 Å². The van der Waals surface area contributed by atoms with Gasteiger partial charge in [-0.3, -0.25) is 0 Å². The summed E-state index contributed by atoms with van der Waals surface area (Å²) in [5.41, 5.74) is 19.0. The molecule has 0 unspecified atom stereocenters. The molecule has 277 valence electrons. The highest BCUT2D eigenvalue weighted by Gasteiger charge is 2.42. The highest BCUT2D eigenvalue weighted by Crippen LogP contribution is 2.54. The number of fused-ring (bicyclic) bond motifs is 8. The number of hydrogen-bond acceptors (Lipinski definition) is 3. The maximum absolute atomic E-state index is 6.98. The second kappa shape index (κ2) is 12.9. The molecule has 0 spiro atoms. The number of nitrogens with one attached hydrogen (secondary N) is 1. The van der Waals surface area contributed by atoms with Crippen molar-refractivity contribution >= 4 is 79.4 Å². The van der Waals surface area contributed by atoms with Gasteiger partial charge < -0.3 is 14.6 Å². The van der Waals surface area contributed by atoms with Crippen LogP contribution in [0.3, 0.4) is 0 Å². The highest BCUT2D eigenvalue weighted by atomic mass is 16.3. The Hall–Kier alpha value is -7.30. The molecule has 3 heterocycles. The first-order chi connectivity index (χ1) is 29.0. The fourth-order valence-electron chi connectivity index (χ4n) is 9.68. The minimum Gasteiger partial charge on any atom is -0.455 e. The van der Waals surface area contributed by atoms with E-state index in [0.29, 0.717) is 0 Å². The van der Waals surface area contributed by atoms with Gasteiger partial charge in [-0.05, 0) is 92.1 Å². The van der Waals surface area contributed by atoms with E-state index in [4.69, 9.17) is 4.42 Å². The van der Waals surface area contributed by atoms with E-state index in [-0.39, 0.29) is 5.41 Å². The molecule has 9 aromatic carbocycles. The van der Waals surface area contributed by atoms with Crippen molar-refractivity contribution in [2.75, 3.05) is 10.2 Å². The van der Waals surface area contributed by atoms with Gasteiger partial charge in [0.05, 0.1) is 5.69 Å². The zero-order chi connectivity index (χ0) is 39.2. The smallest absolute Gasteiger partial charge is 0.198 e. The van der Waals surface area contributed by atoms with Gasteiger partial charge in [0.2, 0.25) is 0 Å². The van der Waals surface area contributed by atoms with E-state index in [0.717, 1.165) is 61.2 Å². The summed E-state index contributed by atoms with van der Waals surface area (Å²) < 4.78 is 6.98. The molecule has 2 aliphatic heterocycles. The summed E-state index contributed by atoms with van der Waals surface area (Å²) in [6.07, 6.45) is 0. The predicted molar refractivity (Wildman–Crippen MR) is 249 cm³/mol. The Morgan fingerprint density at radius 3 is 1.97 bits per heavy atom. The Labute approximate surface area is 344 Å². The molecule has 1 radical (unpaired) electrons. The van der Waals surface area contributed by atoms with Crippen LogP contribution in [0.2, 0.25) is 0 Å². The largest absolute Gasteiger partial charge is 0.455 e. The summed E-state index contributed by atoms with van der Waals surface area (Å²) in [5, 5.41) is 8.60. The van der Waals surface area contributed by atoms with Crippen molar-refractivity contribution in [3.05, 3.63) is 199 Å². The molecule has 2 aliphatic rings. The quantitative estimate of drug-likeness (QED) is 0.177. The van der Waals surface area contributed by atoms with Gasteiger partial charge in [-0.2, -0.15) is 0 Å². The minimum absolute atomic E-state index is 0.206. The van der Waals surface area contributed by atoms with Gasteiger partial charge in [0.25, 0.3) is 0 Å². The highest BCUT2D eigenvalue weighted by molar-refractivity contribution is 6.74. The Morgan fingerprint density at radius 1 is 0.525 bits per heavy atom. The van der Waals surface area contributed by atoms with Gasteiger partial charge in [-0.1, -0.05) is 165 Å². The van der Waals surface area contributed by atoms with Crippen LogP contribution in [0.5, 0.6) is 0 Å². The van der Waals surface area contributed by atoms with Gasteiger partial charge in [-0.15, -0.1) is 0 Å². The zero-order valence-electron chi connectivity index (χ0n) is 32.8. The van der Waals surface area contributed by atoms with Crippen molar-refractivity contribution in [1.82, 2.24) is 0 Å². The van der Waals surface area contributed by atoms with Gasteiger partial charge in [0.15, 0.2) is 7.28 Å². The van der Waals surface area contributed by atoms with Gasteiger partial charge in [-0.25, -0.2) is 0 Å². The van der Waals surface area contributed by atoms with Crippen molar-refractivity contribution in [1.29, 1.82) is 0 Å². The lowest BCUT2D eigenvalue weighted by atomic mass is 9.55. The molecule has 0 fully saturated rings. The summed E-state index contributed by atoms with van der Waals surface area (Å²) in [6, 6.07) is 68.0. The first-order valence-electron chi connectivity index (χ1n) is 20.4. The number of furan rings is 1. The third-order valence-corrected chi connectivity index (χ3v) is 12.6. The van der Waals surface area contributed by atoms with Gasteiger partial charge >= 0.3 is 0 Å². The van der Waals surface area contributed by atoms with E-state index >= 15 is 0 Å². The molecule has 0 atom stereocenters. The fraction of sp³-hybridized carbons (Fsp3) is 0.0545. The van der Waals surface area contributed by atoms with Gasteiger partial charge in [0.1, 0.15) is 11.2 Å². The van der Waals surface area contributed by atoms with E-state index < -0.39 is 0 Å². The van der Waals surface area contributed by atoms with Crippen molar-refractivity contribution in [3.63, 3.8) is 0 Å². The molecule has 0 saturated heterocycles. The third-order valence-electron chi connectivity index (χ3n) is 12.6. The number of nitrogens with zero attached hydrogens (tertiary/aromatic N) is 1. The first-order valence-corrected chi connectivity index (χ1v) is 20.4. The molecule has 1 aromatic heterocycles. The van der Waals surface area contributed by atoms with E-state index in [1.54, 1.807) is 0 Å². The number of rotatable bonds is 5. The summed E-state index contributed by atoms with van der Waals surface area (Å²) in [6.45, 7) is 4.75. The Bertz CT molecular complexity index is 3290. The van der Waals surface area contributed by atoms with Crippen LogP contribution in [0.25, 0.3) is 66.1 Å². The predicted octanol–water partition coefficient (Wildman–Crippen LogP) is 13.6. The van der Waals surface area contributed by atoms with E-state index in [1.807, 2.05) is 0 Å². The van der Waals surface area contributed by atoms with Crippen LogP contribution in [0.4, 0.5) is 28.4 Å². The van der Waals surface area contributed by atoms with Crippen LogP contribution in [0.15, 0.2) is 192 Å². The lowest BCUT2D eigenvalue weighted by Gasteiger charge is -2.46. The molecular formula is C55H38BN2O. The maximum atomic E-state index is 6.98. The summed E-state index contributed by atoms with van der Waals surface area (Å²) in [5.74, 6) is 0. The van der Waals surface area contributed by atoms with E-state index in [9.17, 15) is 0 Å². The van der Waals surface area contributed by atoms with Crippen molar-refractivity contribution in [2.24, 2.45) is 0 Å². The molecule has 3 nitrogen and oxygen atoms in total. The summed E-state index contributed by atoms with van der Waals surface area (Å²) >= 11 is 0. The molecule has 0 aliphatic carbocycles.